The van der Waals surface area contributed by atoms with Crippen molar-refractivity contribution in [1.29, 1.82) is 0 Å². The Kier molecular flexibility index (Phi) is 5.57. The van der Waals surface area contributed by atoms with Gasteiger partial charge >= 0.3 is 5.69 Å². The Bertz CT molecular complexity index is 1230. The molecular formula is C22H17FN4O4. The van der Waals surface area contributed by atoms with Gasteiger partial charge in [0, 0.05) is 17.8 Å². The summed E-state index contributed by atoms with van der Waals surface area (Å²) >= 11 is 0. The zero-order valence-electron chi connectivity index (χ0n) is 16.4. The number of benzene rings is 3. The van der Waals surface area contributed by atoms with Crippen molar-refractivity contribution in [3.05, 3.63) is 82.9 Å². The summed E-state index contributed by atoms with van der Waals surface area (Å²) in [6, 6.07) is 15.7. The number of nitro benzene ring substituents is 1. The minimum atomic E-state index is -0.497. The van der Waals surface area contributed by atoms with Gasteiger partial charge in [-0.05, 0) is 55.5 Å². The van der Waals surface area contributed by atoms with E-state index in [9.17, 15) is 14.5 Å². The molecule has 0 saturated heterocycles. The predicted octanol–water partition coefficient (Wildman–Crippen LogP) is 5.61. The molecule has 156 valence electrons. The van der Waals surface area contributed by atoms with Crippen molar-refractivity contribution in [3.63, 3.8) is 0 Å². The first kappa shape index (κ1) is 20.0. The van der Waals surface area contributed by atoms with E-state index >= 15 is 0 Å². The Morgan fingerprint density at radius 1 is 1.03 bits per heavy atom. The molecule has 4 aromatic rings. The molecule has 1 aromatic heterocycles. The lowest BCUT2D eigenvalue weighted by atomic mass is 10.2. The van der Waals surface area contributed by atoms with E-state index in [1.54, 1.807) is 31.2 Å². The maximum atomic E-state index is 13.0. The second-order valence-electron chi connectivity index (χ2n) is 6.45. The molecule has 0 spiro atoms. The molecule has 9 heteroatoms. The molecule has 0 unspecified atom stereocenters. The lowest BCUT2D eigenvalue weighted by molar-refractivity contribution is -0.385. The molecule has 0 fully saturated rings. The van der Waals surface area contributed by atoms with Crippen molar-refractivity contribution in [2.75, 3.05) is 11.9 Å². The van der Waals surface area contributed by atoms with Crippen molar-refractivity contribution in [2.24, 2.45) is 0 Å². The molecule has 0 saturated carbocycles. The van der Waals surface area contributed by atoms with Gasteiger partial charge in [-0.15, -0.1) is 0 Å². The predicted molar refractivity (Wildman–Crippen MR) is 114 cm³/mol. The fraction of sp³-hybridized carbons (Fsp3) is 0.0909. The first-order valence-corrected chi connectivity index (χ1v) is 9.40. The van der Waals surface area contributed by atoms with Crippen LogP contribution < -0.4 is 14.8 Å². The number of nitrogens with zero attached hydrogens (tertiary/aromatic N) is 3. The van der Waals surface area contributed by atoms with Gasteiger partial charge in [-0.3, -0.25) is 10.1 Å². The Labute approximate surface area is 176 Å². The van der Waals surface area contributed by atoms with E-state index in [1.165, 1.54) is 42.7 Å². The van der Waals surface area contributed by atoms with E-state index in [1.807, 2.05) is 0 Å². The van der Waals surface area contributed by atoms with Crippen LogP contribution in [0.2, 0.25) is 0 Å². The minimum absolute atomic E-state index is 0.157. The Hall–Kier alpha value is -4.27. The van der Waals surface area contributed by atoms with Crippen LogP contribution in [0.1, 0.15) is 6.92 Å². The van der Waals surface area contributed by atoms with E-state index < -0.39 is 4.92 Å². The van der Waals surface area contributed by atoms with E-state index in [2.05, 4.69) is 15.3 Å². The number of ether oxygens (including phenoxy) is 2. The number of nitrogens with one attached hydrogen (secondary N) is 1. The average Bonchev–Trinajstić information content (AvgIpc) is 2.76. The molecule has 1 N–H and O–H groups in total. The highest BCUT2D eigenvalue weighted by molar-refractivity contribution is 5.93. The van der Waals surface area contributed by atoms with Crippen LogP contribution in [0.5, 0.6) is 17.2 Å². The lowest BCUT2D eigenvalue weighted by Crippen LogP contribution is -2.00. The molecule has 0 radical (unpaired) electrons. The third-order valence-electron chi connectivity index (χ3n) is 4.38. The fourth-order valence-electron chi connectivity index (χ4n) is 2.97. The number of anilines is 2. The molecule has 0 aliphatic rings. The second-order valence-corrected chi connectivity index (χ2v) is 6.45. The van der Waals surface area contributed by atoms with Crippen LogP contribution in [-0.2, 0) is 0 Å². The first-order chi connectivity index (χ1) is 15.0. The third-order valence-corrected chi connectivity index (χ3v) is 4.38. The van der Waals surface area contributed by atoms with Gasteiger partial charge in [0.25, 0.3) is 0 Å². The third kappa shape index (κ3) is 4.50. The molecular weight excluding hydrogens is 403 g/mol. The van der Waals surface area contributed by atoms with E-state index in [4.69, 9.17) is 9.47 Å². The maximum absolute atomic E-state index is 13.0. The maximum Gasteiger partial charge on any atom is 0.311 e. The summed E-state index contributed by atoms with van der Waals surface area (Å²) in [5, 5.41) is 15.1. The van der Waals surface area contributed by atoms with Gasteiger partial charge in [-0.2, -0.15) is 0 Å². The number of nitro groups is 1. The Morgan fingerprint density at radius 2 is 1.71 bits per heavy atom. The number of fused-ring (bicyclic) bond motifs is 1. The zero-order chi connectivity index (χ0) is 21.8. The number of hydrogen-bond donors (Lipinski definition) is 1. The summed E-state index contributed by atoms with van der Waals surface area (Å²) in [6.45, 7) is 2.05. The molecule has 0 atom stereocenters. The minimum Gasteiger partial charge on any atom is -0.487 e. The highest BCUT2D eigenvalue weighted by atomic mass is 19.1. The summed E-state index contributed by atoms with van der Waals surface area (Å²) in [7, 11) is 0. The highest BCUT2D eigenvalue weighted by Gasteiger charge is 2.19. The molecule has 8 nitrogen and oxygen atoms in total. The van der Waals surface area contributed by atoms with E-state index in [-0.39, 0.29) is 17.3 Å². The molecule has 3 aromatic carbocycles. The summed E-state index contributed by atoms with van der Waals surface area (Å²) < 4.78 is 24.1. The number of aromatic nitrogens is 2. The molecule has 31 heavy (non-hydrogen) atoms. The van der Waals surface area contributed by atoms with E-state index in [0.717, 1.165) is 0 Å². The summed E-state index contributed by atoms with van der Waals surface area (Å²) in [4.78, 5) is 19.4. The van der Waals surface area contributed by atoms with Gasteiger partial charge in [0.1, 0.15) is 29.5 Å². The fourth-order valence-corrected chi connectivity index (χ4v) is 2.97. The van der Waals surface area contributed by atoms with Crippen LogP contribution in [-0.4, -0.2) is 21.5 Å². The lowest BCUT2D eigenvalue weighted by Gasteiger charge is -2.11. The normalized spacial score (nSPS) is 10.6. The van der Waals surface area contributed by atoms with Gasteiger partial charge in [0.15, 0.2) is 5.75 Å². The Balaban J connectivity index is 1.59. The summed E-state index contributed by atoms with van der Waals surface area (Å²) in [6.07, 6.45) is 1.37. The second kappa shape index (κ2) is 8.62. The molecule has 0 aliphatic heterocycles. The van der Waals surface area contributed by atoms with Crippen LogP contribution in [0.4, 0.5) is 21.6 Å². The molecule has 0 aliphatic carbocycles. The smallest absolute Gasteiger partial charge is 0.311 e. The number of hydrogen-bond acceptors (Lipinski definition) is 7. The van der Waals surface area contributed by atoms with Gasteiger partial charge < -0.3 is 14.8 Å². The molecule has 1 heterocycles. The van der Waals surface area contributed by atoms with Gasteiger partial charge in [-0.1, -0.05) is 0 Å². The first-order valence-electron chi connectivity index (χ1n) is 9.40. The van der Waals surface area contributed by atoms with Crippen molar-refractivity contribution in [2.45, 2.75) is 6.92 Å². The van der Waals surface area contributed by atoms with Gasteiger partial charge in [0.2, 0.25) is 0 Å². The largest absolute Gasteiger partial charge is 0.487 e. The SMILES string of the molecule is CCOc1cc2ncnc(Nc3ccc(Oc4ccc(F)cc4)cc3)c2cc1[N+](=O)[O-]. The van der Waals surface area contributed by atoms with Crippen LogP contribution in [0.15, 0.2) is 67.0 Å². The van der Waals surface area contributed by atoms with Crippen LogP contribution in [0.3, 0.4) is 0 Å². The van der Waals surface area contributed by atoms with Gasteiger partial charge in [-0.25, -0.2) is 14.4 Å². The van der Waals surface area contributed by atoms with Gasteiger partial charge in [0.05, 0.1) is 22.4 Å². The molecule has 0 bridgehead atoms. The van der Waals surface area contributed by atoms with E-state index in [0.29, 0.717) is 40.5 Å². The zero-order valence-corrected chi connectivity index (χ0v) is 16.4. The van der Waals surface area contributed by atoms with Crippen molar-refractivity contribution >= 4 is 28.1 Å². The van der Waals surface area contributed by atoms with Crippen LogP contribution in [0.25, 0.3) is 10.9 Å². The van der Waals surface area contributed by atoms with Crippen LogP contribution in [0, 0.1) is 15.9 Å². The van der Waals surface area contributed by atoms with Crippen molar-refractivity contribution in [1.82, 2.24) is 9.97 Å². The number of rotatable bonds is 7. The van der Waals surface area contributed by atoms with Crippen molar-refractivity contribution < 1.29 is 18.8 Å². The standard InChI is InChI=1S/C22H17FN4O4/c1-2-30-21-12-19-18(11-20(21)27(28)29)22(25-13-24-19)26-15-5-9-17(10-6-15)31-16-7-3-14(23)4-8-16/h3-13H,2H2,1H3,(H,24,25,26). The monoisotopic (exact) mass is 420 g/mol. The highest BCUT2D eigenvalue weighted by Crippen LogP contribution is 2.34. The summed E-state index contributed by atoms with van der Waals surface area (Å²) in [5.74, 6) is 1.33. The molecule has 0 amide bonds. The summed E-state index contributed by atoms with van der Waals surface area (Å²) in [5.41, 5.74) is 1.06. The topological polar surface area (TPSA) is 99.4 Å². The quantitative estimate of drug-likeness (QED) is 0.306. The van der Waals surface area contributed by atoms with Crippen LogP contribution >= 0.6 is 0 Å². The molecule has 4 rings (SSSR count). The van der Waals surface area contributed by atoms with Crippen molar-refractivity contribution in [3.8, 4) is 17.2 Å². The average molecular weight is 420 g/mol. The Morgan fingerprint density at radius 3 is 2.35 bits per heavy atom. The number of halogens is 1.